The molecule has 0 saturated heterocycles. The van der Waals surface area contributed by atoms with Crippen molar-refractivity contribution in [3.05, 3.63) is 56.5 Å². The molecule has 0 saturated carbocycles. The van der Waals surface area contributed by atoms with E-state index in [9.17, 15) is 4.79 Å². The first-order chi connectivity index (χ1) is 10.0. The van der Waals surface area contributed by atoms with E-state index in [0.29, 0.717) is 21.8 Å². The smallest absolute Gasteiger partial charge is 0.255 e. The van der Waals surface area contributed by atoms with Gasteiger partial charge in [0.15, 0.2) is 0 Å². The first kappa shape index (κ1) is 14.5. The summed E-state index contributed by atoms with van der Waals surface area (Å²) in [6.07, 6.45) is 0. The number of aromatic nitrogens is 1. The predicted octanol–water partition coefficient (Wildman–Crippen LogP) is 5.27. The number of nitrogens with zero attached hydrogens (tertiary/aromatic N) is 1. The zero-order chi connectivity index (χ0) is 15.0. The molecule has 3 aromatic rings. The molecule has 1 N–H and O–H groups in total. The molecule has 0 spiro atoms. The molecular weight excluding hydrogens is 372 g/mol. The second-order valence-electron chi connectivity index (χ2n) is 4.59. The van der Waals surface area contributed by atoms with Crippen LogP contribution in [0.2, 0.25) is 5.02 Å². The van der Waals surface area contributed by atoms with Gasteiger partial charge in [-0.25, -0.2) is 4.98 Å². The summed E-state index contributed by atoms with van der Waals surface area (Å²) < 4.78 is 1.85. The van der Waals surface area contributed by atoms with E-state index in [4.69, 9.17) is 11.6 Å². The highest BCUT2D eigenvalue weighted by Crippen LogP contribution is 2.32. The summed E-state index contributed by atoms with van der Waals surface area (Å²) in [6.45, 7) is 1.94. The Labute approximate surface area is 139 Å². The second-order valence-corrected chi connectivity index (χ2v) is 6.80. The zero-order valence-corrected chi connectivity index (χ0v) is 14.1. The molecule has 1 heterocycles. The molecule has 0 bridgehead atoms. The monoisotopic (exact) mass is 380 g/mol. The summed E-state index contributed by atoms with van der Waals surface area (Å²) in [7, 11) is 0. The highest BCUT2D eigenvalue weighted by atomic mass is 79.9. The Morgan fingerprint density at radius 1 is 1.33 bits per heavy atom. The third kappa shape index (κ3) is 2.95. The number of nitrogens with one attached hydrogen (secondary N) is 1. The minimum Gasteiger partial charge on any atom is -0.319 e. The van der Waals surface area contributed by atoms with Gasteiger partial charge in [0.2, 0.25) is 0 Å². The van der Waals surface area contributed by atoms with E-state index in [0.717, 1.165) is 14.7 Å². The van der Waals surface area contributed by atoms with Crippen LogP contribution in [0.4, 0.5) is 5.69 Å². The Hall–Kier alpha value is -1.43. The van der Waals surface area contributed by atoms with Gasteiger partial charge in [-0.05, 0) is 42.8 Å². The van der Waals surface area contributed by atoms with Gasteiger partial charge in [-0.2, -0.15) is 0 Å². The van der Waals surface area contributed by atoms with Crippen molar-refractivity contribution in [2.24, 2.45) is 0 Å². The SMILES string of the molecule is Cc1cc(Br)cc(C(=O)Nc2c(Cl)ccc3scnc23)c1. The molecule has 1 aromatic heterocycles. The summed E-state index contributed by atoms with van der Waals surface area (Å²) in [6, 6.07) is 9.22. The van der Waals surface area contributed by atoms with Gasteiger partial charge in [0.1, 0.15) is 5.52 Å². The van der Waals surface area contributed by atoms with Crippen LogP contribution >= 0.6 is 38.9 Å². The molecule has 1 amide bonds. The first-order valence-electron chi connectivity index (χ1n) is 6.15. The lowest BCUT2D eigenvalue weighted by molar-refractivity contribution is 0.102. The minimum atomic E-state index is -0.207. The molecule has 0 aliphatic heterocycles. The average molecular weight is 382 g/mol. The number of amides is 1. The fourth-order valence-electron chi connectivity index (χ4n) is 2.08. The van der Waals surface area contributed by atoms with Gasteiger partial charge in [-0.1, -0.05) is 27.5 Å². The van der Waals surface area contributed by atoms with Gasteiger partial charge >= 0.3 is 0 Å². The lowest BCUT2D eigenvalue weighted by atomic mass is 10.1. The number of carbonyl (C=O) groups excluding carboxylic acids is 1. The van der Waals surface area contributed by atoms with E-state index in [2.05, 4.69) is 26.2 Å². The van der Waals surface area contributed by atoms with Crippen LogP contribution in [0.25, 0.3) is 10.2 Å². The molecule has 0 aliphatic rings. The zero-order valence-electron chi connectivity index (χ0n) is 11.0. The Kier molecular flexibility index (Phi) is 3.97. The minimum absolute atomic E-state index is 0.207. The number of carbonyl (C=O) groups is 1. The molecule has 3 rings (SSSR count). The number of thiazole rings is 1. The normalized spacial score (nSPS) is 10.8. The number of benzene rings is 2. The molecule has 6 heteroatoms. The van der Waals surface area contributed by atoms with E-state index in [-0.39, 0.29) is 5.91 Å². The molecule has 3 nitrogen and oxygen atoms in total. The van der Waals surface area contributed by atoms with Crippen LogP contribution in [0.5, 0.6) is 0 Å². The fraction of sp³-hybridized carbons (Fsp3) is 0.0667. The Bertz CT molecular complexity index is 827. The van der Waals surface area contributed by atoms with E-state index in [1.54, 1.807) is 17.6 Å². The summed E-state index contributed by atoms with van der Waals surface area (Å²) in [4.78, 5) is 16.7. The van der Waals surface area contributed by atoms with E-state index < -0.39 is 0 Å². The average Bonchev–Trinajstić information content (AvgIpc) is 2.89. The largest absolute Gasteiger partial charge is 0.319 e. The number of rotatable bonds is 2. The molecular formula is C15H10BrClN2OS. The van der Waals surface area contributed by atoms with Crippen LogP contribution in [0.3, 0.4) is 0 Å². The van der Waals surface area contributed by atoms with Crippen molar-refractivity contribution in [1.29, 1.82) is 0 Å². The quantitative estimate of drug-likeness (QED) is 0.657. The van der Waals surface area contributed by atoms with Crippen LogP contribution in [0, 0.1) is 6.92 Å². The van der Waals surface area contributed by atoms with E-state index in [1.165, 1.54) is 11.3 Å². The molecule has 2 aromatic carbocycles. The number of halogens is 2. The van der Waals surface area contributed by atoms with Crippen molar-refractivity contribution in [2.45, 2.75) is 6.92 Å². The van der Waals surface area contributed by atoms with Gasteiger partial charge in [-0.15, -0.1) is 11.3 Å². The Morgan fingerprint density at radius 3 is 2.90 bits per heavy atom. The summed E-state index contributed by atoms with van der Waals surface area (Å²) >= 11 is 11.1. The maximum atomic E-state index is 12.4. The summed E-state index contributed by atoms with van der Waals surface area (Å²) in [5.74, 6) is -0.207. The molecule has 0 radical (unpaired) electrons. The van der Waals surface area contributed by atoms with Crippen LogP contribution < -0.4 is 5.32 Å². The number of fused-ring (bicyclic) bond motifs is 1. The summed E-state index contributed by atoms with van der Waals surface area (Å²) in [5.41, 5.74) is 4.59. The van der Waals surface area contributed by atoms with E-state index in [1.807, 2.05) is 25.1 Å². The van der Waals surface area contributed by atoms with Gasteiger partial charge in [-0.3, -0.25) is 4.79 Å². The van der Waals surface area contributed by atoms with Crippen molar-refractivity contribution in [3.63, 3.8) is 0 Å². The number of hydrogen-bond acceptors (Lipinski definition) is 3. The third-order valence-electron chi connectivity index (χ3n) is 2.99. The molecule has 21 heavy (non-hydrogen) atoms. The number of hydrogen-bond donors (Lipinski definition) is 1. The van der Waals surface area contributed by atoms with Gasteiger partial charge in [0.05, 0.1) is 20.9 Å². The number of anilines is 1. The Morgan fingerprint density at radius 2 is 2.14 bits per heavy atom. The van der Waals surface area contributed by atoms with Crippen LogP contribution in [0.1, 0.15) is 15.9 Å². The van der Waals surface area contributed by atoms with Crippen molar-refractivity contribution in [3.8, 4) is 0 Å². The molecule has 0 atom stereocenters. The second kappa shape index (κ2) is 5.75. The molecule has 0 aliphatic carbocycles. The van der Waals surface area contributed by atoms with E-state index >= 15 is 0 Å². The maximum Gasteiger partial charge on any atom is 0.255 e. The highest BCUT2D eigenvalue weighted by Gasteiger charge is 2.14. The lowest BCUT2D eigenvalue weighted by Gasteiger charge is -2.09. The first-order valence-corrected chi connectivity index (χ1v) is 8.20. The van der Waals surface area contributed by atoms with Crippen LogP contribution in [-0.4, -0.2) is 10.9 Å². The third-order valence-corrected chi connectivity index (χ3v) is 4.56. The number of aryl methyl sites for hydroxylation is 1. The maximum absolute atomic E-state index is 12.4. The highest BCUT2D eigenvalue weighted by molar-refractivity contribution is 9.10. The van der Waals surface area contributed by atoms with Crippen molar-refractivity contribution >= 4 is 60.7 Å². The van der Waals surface area contributed by atoms with Crippen LogP contribution in [-0.2, 0) is 0 Å². The molecule has 0 fully saturated rings. The van der Waals surface area contributed by atoms with Crippen molar-refractivity contribution < 1.29 is 4.79 Å². The van der Waals surface area contributed by atoms with Crippen LogP contribution in [0.15, 0.2) is 40.3 Å². The fourth-order valence-corrected chi connectivity index (χ4v) is 3.57. The van der Waals surface area contributed by atoms with Crippen molar-refractivity contribution in [2.75, 3.05) is 5.32 Å². The topological polar surface area (TPSA) is 42.0 Å². The van der Waals surface area contributed by atoms with Crippen molar-refractivity contribution in [1.82, 2.24) is 4.98 Å². The Balaban J connectivity index is 2.00. The summed E-state index contributed by atoms with van der Waals surface area (Å²) in [5, 5.41) is 3.34. The van der Waals surface area contributed by atoms with Gasteiger partial charge in [0.25, 0.3) is 5.91 Å². The lowest BCUT2D eigenvalue weighted by Crippen LogP contribution is -2.12. The standard InChI is InChI=1S/C15H10BrClN2OS/c1-8-4-9(6-10(16)5-8)15(20)19-13-11(17)2-3-12-14(13)18-7-21-12/h2-7H,1H3,(H,19,20). The molecule has 0 unspecified atom stereocenters. The van der Waals surface area contributed by atoms with Gasteiger partial charge in [0, 0.05) is 10.0 Å². The molecule has 106 valence electrons. The predicted molar refractivity (Wildman–Crippen MR) is 91.5 cm³/mol. The van der Waals surface area contributed by atoms with Gasteiger partial charge < -0.3 is 5.32 Å².